The van der Waals surface area contributed by atoms with Gasteiger partial charge in [-0.3, -0.25) is 5.84 Å². The molecular formula is C8H6F6N2OS. The zero-order chi connectivity index (χ0) is 14.0. The van der Waals surface area contributed by atoms with Crippen LogP contribution in [0.25, 0.3) is 0 Å². The fourth-order valence-electron chi connectivity index (χ4n) is 1.06. The van der Waals surface area contributed by atoms with E-state index in [-0.39, 0.29) is 0 Å². The van der Waals surface area contributed by atoms with Crippen LogP contribution in [-0.2, 0) is 0 Å². The van der Waals surface area contributed by atoms with Gasteiger partial charge in [0.05, 0.1) is 10.6 Å². The zero-order valence-electron chi connectivity index (χ0n) is 8.39. The Bertz CT molecular complexity index is 419. The van der Waals surface area contributed by atoms with Crippen LogP contribution in [-0.4, -0.2) is 11.9 Å². The smallest absolute Gasteiger partial charge is 0.402 e. The third kappa shape index (κ3) is 4.53. The fraction of sp³-hybridized carbons (Fsp3) is 0.250. The van der Waals surface area contributed by atoms with E-state index < -0.39 is 40.0 Å². The number of hydrogen-bond acceptors (Lipinski definition) is 4. The van der Waals surface area contributed by atoms with Crippen molar-refractivity contribution in [1.82, 2.24) is 0 Å². The summed E-state index contributed by atoms with van der Waals surface area (Å²) in [5.74, 6) is 3.90. The van der Waals surface area contributed by atoms with Crippen LogP contribution in [0.5, 0.6) is 5.75 Å². The molecule has 3 nitrogen and oxygen atoms in total. The lowest BCUT2D eigenvalue weighted by molar-refractivity contribution is -0.275. The first-order valence-corrected chi connectivity index (χ1v) is 5.05. The van der Waals surface area contributed by atoms with Crippen LogP contribution in [0.1, 0.15) is 0 Å². The Morgan fingerprint density at radius 2 is 1.72 bits per heavy atom. The number of nitrogens with two attached hydrogens (primary N) is 1. The summed E-state index contributed by atoms with van der Waals surface area (Å²) in [6.45, 7) is 0. The van der Waals surface area contributed by atoms with Gasteiger partial charge < -0.3 is 10.2 Å². The Kier molecular flexibility index (Phi) is 4.22. The SMILES string of the molecule is NNc1cccc(SC(F)(F)F)c1OC(F)(F)F. The molecule has 3 N–H and O–H groups in total. The lowest BCUT2D eigenvalue weighted by Gasteiger charge is -2.16. The first kappa shape index (κ1) is 14.8. The minimum Gasteiger partial charge on any atom is -0.402 e. The van der Waals surface area contributed by atoms with Crippen LogP contribution in [0.4, 0.5) is 32.0 Å². The molecule has 1 rings (SSSR count). The highest BCUT2D eigenvalue weighted by Crippen LogP contribution is 2.45. The Labute approximate surface area is 101 Å². The molecule has 0 spiro atoms. The molecule has 102 valence electrons. The van der Waals surface area contributed by atoms with Gasteiger partial charge in [0.2, 0.25) is 0 Å². The number of nitrogens with one attached hydrogen (secondary N) is 1. The molecular weight excluding hydrogens is 286 g/mol. The predicted octanol–water partition coefficient (Wildman–Crippen LogP) is 3.48. The third-order valence-electron chi connectivity index (χ3n) is 1.58. The maximum atomic E-state index is 12.2. The predicted molar refractivity (Wildman–Crippen MR) is 52.8 cm³/mol. The van der Waals surface area contributed by atoms with Crippen LogP contribution in [0, 0.1) is 0 Å². The van der Waals surface area contributed by atoms with Gasteiger partial charge in [0, 0.05) is 0 Å². The van der Waals surface area contributed by atoms with E-state index in [1.807, 2.05) is 5.43 Å². The van der Waals surface area contributed by atoms with Gasteiger partial charge in [-0.25, -0.2) is 0 Å². The summed E-state index contributed by atoms with van der Waals surface area (Å²) in [5.41, 5.74) is -3.30. The maximum absolute atomic E-state index is 12.2. The molecule has 0 fully saturated rings. The van der Waals surface area contributed by atoms with Crippen molar-refractivity contribution in [1.29, 1.82) is 0 Å². The van der Waals surface area contributed by atoms with Crippen molar-refractivity contribution >= 4 is 17.4 Å². The number of hydrogen-bond donors (Lipinski definition) is 2. The second-order valence-electron chi connectivity index (χ2n) is 2.87. The second kappa shape index (κ2) is 5.14. The number of nitrogen functional groups attached to an aromatic ring is 1. The number of rotatable bonds is 3. The minimum atomic E-state index is -5.12. The van der Waals surface area contributed by atoms with Crippen LogP contribution in [0.2, 0.25) is 0 Å². The number of anilines is 1. The largest absolute Gasteiger partial charge is 0.573 e. The lowest BCUT2D eigenvalue weighted by atomic mass is 10.3. The molecule has 0 heterocycles. The molecule has 0 bridgehead atoms. The first-order valence-electron chi connectivity index (χ1n) is 4.23. The molecule has 0 aromatic heterocycles. The number of halogens is 6. The van der Waals surface area contributed by atoms with Crippen LogP contribution in [0.15, 0.2) is 23.1 Å². The van der Waals surface area contributed by atoms with Crippen molar-refractivity contribution in [2.24, 2.45) is 5.84 Å². The molecule has 10 heteroatoms. The Morgan fingerprint density at radius 3 is 2.17 bits per heavy atom. The van der Waals surface area contributed by atoms with Gasteiger partial charge in [0.1, 0.15) is 0 Å². The molecule has 0 saturated carbocycles. The van der Waals surface area contributed by atoms with Gasteiger partial charge in [-0.2, -0.15) is 13.2 Å². The summed E-state index contributed by atoms with van der Waals surface area (Å²) in [6.07, 6.45) is -5.12. The van der Waals surface area contributed by atoms with E-state index in [0.717, 1.165) is 18.2 Å². The summed E-state index contributed by atoms with van der Waals surface area (Å²) in [7, 11) is 0. The van der Waals surface area contributed by atoms with Crippen molar-refractivity contribution in [3.63, 3.8) is 0 Å². The number of hydrazine groups is 1. The lowest BCUT2D eigenvalue weighted by Crippen LogP contribution is -2.20. The fourth-order valence-corrected chi connectivity index (χ4v) is 1.70. The van der Waals surface area contributed by atoms with E-state index in [4.69, 9.17) is 5.84 Å². The number of thioether (sulfide) groups is 1. The second-order valence-corrected chi connectivity index (χ2v) is 3.98. The van der Waals surface area contributed by atoms with Gasteiger partial charge in [-0.05, 0) is 23.9 Å². The normalized spacial score (nSPS) is 12.4. The van der Waals surface area contributed by atoms with E-state index in [9.17, 15) is 26.3 Å². The van der Waals surface area contributed by atoms with Gasteiger partial charge >= 0.3 is 11.9 Å². The molecule has 0 aliphatic rings. The summed E-state index contributed by atoms with van der Waals surface area (Å²) in [5, 5.41) is 0. The van der Waals surface area contributed by atoms with Crippen molar-refractivity contribution in [3.05, 3.63) is 18.2 Å². The number of benzene rings is 1. The Morgan fingerprint density at radius 1 is 1.11 bits per heavy atom. The topological polar surface area (TPSA) is 47.3 Å². The van der Waals surface area contributed by atoms with E-state index in [2.05, 4.69) is 4.74 Å². The van der Waals surface area contributed by atoms with E-state index in [1.165, 1.54) is 0 Å². The van der Waals surface area contributed by atoms with Gasteiger partial charge in [-0.1, -0.05) is 6.07 Å². The van der Waals surface area contributed by atoms with Crippen molar-refractivity contribution in [2.75, 3.05) is 5.43 Å². The average Bonchev–Trinajstić information content (AvgIpc) is 2.16. The molecule has 0 unspecified atom stereocenters. The van der Waals surface area contributed by atoms with Crippen LogP contribution < -0.4 is 16.0 Å². The van der Waals surface area contributed by atoms with Gasteiger partial charge in [-0.15, -0.1) is 13.2 Å². The molecule has 0 aliphatic carbocycles. The van der Waals surface area contributed by atoms with Crippen molar-refractivity contribution in [3.8, 4) is 5.75 Å². The highest BCUT2D eigenvalue weighted by molar-refractivity contribution is 8.00. The van der Waals surface area contributed by atoms with Crippen LogP contribution in [0.3, 0.4) is 0 Å². The summed E-state index contributed by atoms with van der Waals surface area (Å²) in [6, 6.07) is 3.02. The molecule has 0 atom stereocenters. The zero-order valence-corrected chi connectivity index (χ0v) is 9.21. The quantitative estimate of drug-likeness (QED) is 0.387. The molecule has 0 radical (unpaired) electrons. The monoisotopic (exact) mass is 292 g/mol. The first-order chi connectivity index (χ1) is 8.12. The van der Waals surface area contributed by atoms with E-state index >= 15 is 0 Å². The molecule has 0 aliphatic heterocycles. The van der Waals surface area contributed by atoms with Gasteiger partial charge in [0.15, 0.2) is 5.75 Å². The molecule has 18 heavy (non-hydrogen) atoms. The Hall–Kier alpha value is -1.29. The Balaban J connectivity index is 3.16. The maximum Gasteiger partial charge on any atom is 0.573 e. The molecule has 0 amide bonds. The number of para-hydroxylation sites is 1. The number of ether oxygens (including phenoxy) is 1. The van der Waals surface area contributed by atoms with Crippen LogP contribution >= 0.6 is 11.8 Å². The van der Waals surface area contributed by atoms with E-state index in [0.29, 0.717) is 0 Å². The highest BCUT2D eigenvalue weighted by atomic mass is 32.2. The molecule has 1 aromatic carbocycles. The summed E-state index contributed by atoms with van der Waals surface area (Å²) in [4.78, 5) is -0.740. The highest BCUT2D eigenvalue weighted by Gasteiger charge is 2.36. The summed E-state index contributed by atoms with van der Waals surface area (Å²) >= 11 is -0.723. The minimum absolute atomic E-state index is 0.401. The summed E-state index contributed by atoms with van der Waals surface area (Å²) < 4.78 is 76.3. The standard InChI is InChI=1S/C8H6F6N2OS/c9-7(10,11)17-6-4(16-15)2-1-3-5(6)18-8(12,13)14/h1-3,16H,15H2. The van der Waals surface area contributed by atoms with E-state index in [1.54, 1.807) is 0 Å². The average molecular weight is 292 g/mol. The van der Waals surface area contributed by atoms with Crippen molar-refractivity contribution in [2.45, 2.75) is 16.8 Å². The number of alkyl halides is 6. The molecule has 0 saturated heterocycles. The molecule has 1 aromatic rings. The third-order valence-corrected chi connectivity index (χ3v) is 2.35. The van der Waals surface area contributed by atoms with Crippen molar-refractivity contribution < 1.29 is 31.1 Å². The van der Waals surface area contributed by atoms with Gasteiger partial charge in [0.25, 0.3) is 0 Å².